The van der Waals surface area contributed by atoms with Crippen LogP contribution in [0.4, 0.5) is 37.6 Å². The van der Waals surface area contributed by atoms with Gasteiger partial charge in [-0.3, -0.25) is 28.9 Å². The lowest BCUT2D eigenvalue weighted by Crippen LogP contribution is -2.53. The number of nitrogens with one attached hydrogen (secondary N) is 3. The van der Waals surface area contributed by atoms with Crippen LogP contribution in [0.2, 0.25) is 0 Å². The van der Waals surface area contributed by atoms with E-state index in [-0.39, 0.29) is 29.8 Å². The number of amides is 2. The Morgan fingerprint density at radius 1 is 0.847 bits per heavy atom. The van der Waals surface area contributed by atoms with E-state index in [4.69, 9.17) is 9.72 Å². The minimum atomic E-state index is -2.94. The molecule has 3 saturated heterocycles. The van der Waals surface area contributed by atoms with Crippen molar-refractivity contribution in [2.45, 2.75) is 91.3 Å². The Labute approximate surface area is 426 Å². The van der Waals surface area contributed by atoms with Crippen LogP contribution in [0.5, 0.6) is 5.75 Å². The van der Waals surface area contributed by atoms with Gasteiger partial charge in [0.1, 0.15) is 41.6 Å². The average Bonchev–Trinajstić information content (AvgIpc) is 3.66. The SMILES string of the molecule is CCOc1cc(N2CCC(N3CCN(CCc4ccc(F)c5c4n(CC)c(=O)n5C4CCC(=O)NC4=O)CC3)CC2)c(CC)cc1Nc1ncc(Br)c(Nc2cc(F)c3nc(CC)ccc3c2P(C)(C)=O)n1. The number of aryl methyl sites for hydroxylation is 3. The number of hydrogen-bond donors (Lipinski definition) is 3. The van der Waals surface area contributed by atoms with Crippen LogP contribution >= 0.6 is 23.1 Å². The van der Waals surface area contributed by atoms with Crippen molar-refractivity contribution in [3.05, 3.63) is 92.1 Å². The first-order valence-electron chi connectivity index (χ1n) is 25.1. The molecule has 3 aliphatic rings. The fourth-order valence-corrected chi connectivity index (χ4v) is 12.5. The van der Waals surface area contributed by atoms with Gasteiger partial charge in [0.15, 0.2) is 5.82 Å². The smallest absolute Gasteiger partial charge is 0.329 e. The summed E-state index contributed by atoms with van der Waals surface area (Å²) in [6.45, 7) is 18.2. The molecule has 1 unspecified atom stereocenters. The number of imide groups is 1. The first-order chi connectivity index (χ1) is 34.6. The molecule has 0 spiro atoms. The predicted molar refractivity (Wildman–Crippen MR) is 284 cm³/mol. The van der Waals surface area contributed by atoms with Crippen LogP contribution in [-0.4, -0.2) is 117 Å². The van der Waals surface area contributed by atoms with Gasteiger partial charge >= 0.3 is 5.69 Å². The lowest BCUT2D eigenvalue weighted by Gasteiger charge is -2.43. The largest absolute Gasteiger partial charge is 0.492 e. The normalized spacial score (nSPS) is 17.5. The molecule has 2 amide bonds. The van der Waals surface area contributed by atoms with E-state index in [0.29, 0.717) is 75.9 Å². The van der Waals surface area contributed by atoms with Crippen LogP contribution in [0, 0.1) is 11.6 Å². The molecule has 0 radical (unpaired) electrons. The highest BCUT2D eigenvalue weighted by Gasteiger charge is 2.34. The molecule has 6 heterocycles. The van der Waals surface area contributed by atoms with Gasteiger partial charge in [0, 0.05) is 105 Å². The zero-order chi connectivity index (χ0) is 51.0. The Morgan fingerprint density at radius 2 is 1.61 bits per heavy atom. The zero-order valence-corrected chi connectivity index (χ0v) is 44.3. The molecule has 382 valence electrons. The number of halogens is 3. The topological polar surface area (TPSA) is 172 Å². The number of aromatic nitrogens is 5. The lowest BCUT2D eigenvalue weighted by molar-refractivity contribution is -0.135. The van der Waals surface area contributed by atoms with E-state index < -0.39 is 36.4 Å². The molecule has 3 aromatic heterocycles. The van der Waals surface area contributed by atoms with Gasteiger partial charge in [0.05, 0.1) is 28.0 Å². The van der Waals surface area contributed by atoms with Gasteiger partial charge in [0.25, 0.3) is 0 Å². The van der Waals surface area contributed by atoms with Gasteiger partial charge in [-0.05, 0) is 111 Å². The molecule has 9 rings (SSSR count). The van der Waals surface area contributed by atoms with E-state index in [0.717, 1.165) is 93.3 Å². The van der Waals surface area contributed by atoms with Gasteiger partial charge in [-0.15, -0.1) is 0 Å². The molecular formula is C52H63BrF2N11O5P. The molecule has 0 aliphatic carbocycles. The summed E-state index contributed by atoms with van der Waals surface area (Å²) < 4.78 is 54.6. The van der Waals surface area contributed by atoms with E-state index in [1.807, 2.05) is 26.8 Å². The maximum Gasteiger partial charge on any atom is 0.329 e. The Morgan fingerprint density at radius 3 is 2.29 bits per heavy atom. The van der Waals surface area contributed by atoms with Crippen molar-refractivity contribution < 1.29 is 27.7 Å². The number of benzene rings is 3. The second kappa shape index (κ2) is 21.4. The summed E-state index contributed by atoms with van der Waals surface area (Å²) in [6, 6.07) is 11.8. The minimum absolute atomic E-state index is 0.0914. The first kappa shape index (κ1) is 51.2. The summed E-state index contributed by atoms with van der Waals surface area (Å²) in [6.07, 6.45) is 5.96. The van der Waals surface area contributed by atoms with Crippen molar-refractivity contribution in [1.82, 2.24) is 39.2 Å². The molecule has 3 fully saturated rings. The highest BCUT2D eigenvalue weighted by atomic mass is 79.9. The van der Waals surface area contributed by atoms with Crippen molar-refractivity contribution in [3.8, 4) is 5.75 Å². The van der Waals surface area contributed by atoms with Crippen molar-refractivity contribution in [3.63, 3.8) is 0 Å². The summed E-state index contributed by atoms with van der Waals surface area (Å²) in [4.78, 5) is 59.7. The van der Waals surface area contributed by atoms with Crippen molar-refractivity contribution in [2.24, 2.45) is 0 Å². The fourth-order valence-electron chi connectivity index (χ4n) is 10.7. The highest BCUT2D eigenvalue weighted by Crippen LogP contribution is 2.43. The first-order valence-corrected chi connectivity index (χ1v) is 28.5. The quantitative estimate of drug-likeness (QED) is 0.0626. The summed E-state index contributed by atoms with van der Waals surface area (Å²) >= 11 is 3.56. The molecule has 0 bridgehead atoms. The number of carbonyl (C=O) groups excluding carboxylic acids is 2. The van der Waals surface area contributed by atoms with Gasteiger partial charge in [-0.1, -0.05) is 26.0 Å². The molecule has 3 N–H and O–H groups in total. The second-order valence-electron chi connectivity index (χ2n) is 19.2. The number of hydrogen-bond acceptors (Lipinski definition) is 13. The number of fused-ring (bicyclic) bond motifs is 2. The number of anilines is 5. The Balaban J connectivity index is 0.844. The van der Waals surface area contributed by atoms with Crippen molar-refractivity contribution in [1.29, 1.82) is 0 Å². The van der Waals surface area contributed by atoms with Gasteiger partial charge in [-0.2, -0.15) is 4.98 Å². The molecule has 0 saturated carbocycles. The number of imidazole rings is 1. The predicted octanol–water partition coefficient (Wildman–Crippen LogP) is 8.27. The summed E-state index contributed by atoms with van der Waals surface area (Å²) in [5, 5.41) is 9.95. The maximum absolute atomic E-state index is 15.7. The number of piperidine rings is 2. The fraction of sp³-hybridized carbons (Fsp3) is 0.462. The van der Waals surface area contributed by atoms with Gasteiger partial charge < -0.3 is 29.7 Å². The Kier molecular flexibility index (Phi) is 15.2. The Hall–Kier alpha value is -5.75. The van der Waals surface area contributed by atoms with Crippen LogP contribution in [0.15, 0.2) is 57.9 Å². The van der Waals surface area contributed by atoms with Crippen LogP contribution in [0.3, 0.4) is 0 Å². The number of nitrogens with zero attached hydrogens (tertiary/aromatic N) is 8. The molecule has 3 aliphatic heterocycles. The van der Waals surface area contributed by atoms with E-state index in [1.165, 1.54) is 16.7 Å². The molecular weight excluding hydrogens is 1010 g/mol. The number of piperazine rings is 1. The average molecular weight is 1070 g/mol. The molecule has 1 atom stereocenters. The number of ether oxygens (including phenoxy) is 1. The number of carbonyl (C=O) groups is 2. The van der Waals surface area contributed by atoms with Crippen LogP contribution in [0.1, 0.15) is 76.2 Å². The molecule has 72 heavy (non-hydrogen) atoms. The lowest BCUT2D eigenvalue weighted by atomic mass is 9.99. The van der Waals surface area contributed by atoms with Crippen molar-refractivity contribution >= 4 is 91.0 Å². The van der Waals surface area contributed by atoms with E-state index in [2.05, 4.69) is 75.6 Å². The van der Waals surface area contributed by atoms with E-state index >= 15 is 8.78 Å². The molecule has 16 nitrogen and oxygen atoms in total. The highest BCUT2D eigenvalue weighted by molar-refractivity contribution is 9.10. The minimum Gasteiger partial charge on any atom is -0.492 e. The third-order valence-electron chi connectivity index (χ3n) is 14.4. The molecule has 20 heteroatoms. The van der Waals surface area contributed by atoms with Crippen LogP contribution in [-0.2, 0) is 40.0 Å². The summed E-state index contributed by atoms with van der Waals surface area (Å²) in [5.74, 6) is -0.712. The Bertz CT molecular complexity index is 3160. The third-order valence-corrected chi connectivity index (χ3v) is 16.5. The number of rotatable bonds is 16. The third kappa shape index (κ3) is 10.3. The van der Waals surface area contributed by atoms with Crippen LogP contribution in [0.25, 0.3) is 21.9 Å². The summed E-state index contributed by atoms with van der Waals surface area (Å²) in [7, 11) is -2.94. The van der Waals surface area contributed by atoms with Crippen molar-refractivity contribution in [2.75, 3.05) is 81.3 Å². The number of pyridine rings is 1. The van der Waals surface area contributed by atoms with Gasteiger partial charge in [-0.25, -0.2) is 23.5 Å². The molecule has 6 aromatic rings. The van der Waals surface area contributed by atoms with Crippen LogP contribution < -0.4 is 36.6 Å². The van der Waals surface area contributed by atoms with Gasteiger partial charge in [0.2, 0.25) is 17.8 Å². The molecule has 3 aromatic carbocycles. The summed E-state index contributed by atoms with van der Waals surface area (Å²) in [5.41, 5.74) is 5.36. The van der Waals surface area contributed by atoms with E-state index in [9.17, 15) is 18.9 Å². The zero-order valence-electron chi connectivity index (χ0n) is 41.8. The standard InChI is InChI=1S/C52H63BrF2N11O5P/c1-7-31-27-39(59-51-56-30-36(53)49(61-51)58-40-28-38(55)45-35(48(40)72(5,6)70)13-12-33(8-2)57-45)43(71-10-4)29-42(31)64-21-18-34(19-22-64)63-25-23-62(24-26-63)20-17-32-11-14-37(54)47-46(32)65(9-3)52(69)66(47)41-15-16-44(67)60-50(41)68/h11-14,27-30,34,41H,7-10,15-26H2,1-6H3,(H,60,67,68)(H2,56,58,59,61). The second-order valence-corrected chi connectivity index (χ2v) is 23.2. The maximum atomic E-state index is 15.7. The monoisotopic (exact) mass is 1070 g/mol. The van der Waals surface area contributed by atoms with E-state index in [1.54, 1.807) is 36.2 Å².